The van der Waals surface area contributed by atoms with Gasteiger partial charge < -0.3 is 15.8 Å². The molecule has 0 saturated heterocycles. The fraction of sp³-hybridized carbons (Fsp3) is 0. The second kappa shape index (κ2) is 4.03. The van der Waals surface area contributed by atoms with Gasteiger partial charge in [0.25, 0.3) is 0 Å². The van der Waals surface area contributed by atoms with Crippen molar-refractivity contribution >= 4 is 45.7 Å². The van der Waals surface area contributed by atoms with Gasteiger partial charge in [0.15, 0.2) is 5.11 Å². The predicted octanol–water partition coefficient (Wildman–Crippen LogP) is 1.81. The van der Waals surface area contributed by atoms with E-state index in [4.69, 9.17) is 18.0 Å². The van der Waals surface area contributed by atoms with Gasteiger partial charge in [0, 0.05) is 16.5 Å². The fourth-order valence-corrected chi connectivity index (χ4v) is 2.29. The zero-order chi connectivity index (χ0) is 13.6. The van der Waals surface area contributed by atoms with Crippen molar-refractivity contribution in [2.24, 2.45) is 5.73 Å². The average molecular weight is 272 g/mol. The van der Waals surface area contributed by atoms with Gasteiger partial charge in [-0.15, -0.1) is 0 Å². The number of hydrogen-bond acceptors (Lipinski definition) is 4. The quantitative estimate of drug-likeness (QED) is 0.468. The van der Waals surface area contributed by atoms with Crippen molar-refractivity contribution in [3.8, 4) is 0 Å². The van der Waals surface area contributed by atoms with Crippen LogP contribution in [0.15, 0.2) is 30.3 Å². The van der Waals surface area contributed by atoms with Gasteiger partial charge in [-0.05, 0) is 30.4 Å². The van der Waals surface area contributed by atoms with E-state index in [1.807, 2.05) is 0 Å². The fourth-order valence-electron chi connectivity index (χ4n) is 2.18. The molecule has 1 heterocycles. The third-order valence-electron chi connectivity index (χ3n) is 2.92. The molecule has 6 heteroatoms. The minimum Gasteiger partial charge on any atom is -0.386 e. The first-order valence-electron chi connectivity index (χ1n) is 5.46. The molecule has 0 unspecified atom stereocenters. The number of nitrogens with two attached hydrogens (primary N) is 1. The maximum Gasteiger partial charge on any atom is 0.346 e. The molecule has 0 bridgehead atoms. The minimum atomic E-state index is -0.643. The van der Waals surface area contributed by atoms with E-state index in [0.717, 1.165) is 0 Å². The van der Waals surface area contributed by atoms with Crippen LogP contribution in [0.5, 0.6) is 0 Å². The summed E-state index contributed by atoms with van der Waals surface area (Å²) >= 11 is 4.80. The summed E-state index contributed by atoms with van der Waals surface area (Å²) in [5.74, 6) is -1.29. The van der Waals surface area contributed by atoms with Crippen LogP contribution < -0.4 is 11.1 Å². The SMILES string of the molecule is NC(=S)Nc1ccc2c3c(cccc13)C(=O)OC2=O. The number of carbonyl (C=O) groups excluding carboxylic acids is 2. The molecule has 1 aliphatic rings. The first-order chi connectivity index (χ1) is 9.08. The summed E-state index contributed by atoms with van der Waals surface area (Å²) in [6.07, 6.45) is 0. The lowest BCUT2D eigenvalue weighted by atomic mass is 9.96. The smallest absolute Gasteiger partial charge is 0.346 e. The van der Waals surface area contributed by atoms with Crippen LogP contribution in [0.1, 0.15) is 20.7 Å². The number of benzene rings is 2. The van der Waals surface area contributed by atoms with Crippen LogP contribution in [0.4, 0.5) is 5.69 Å². The summed E-state index contributed by atoms with van der Waals surface area (Å²) in [7, 11) is 0. The van der Waals surface area contributed by atoms with Crippen LogP contribution in [0, 0.1) is 0 Å². The number of cyclic esters (lactones) is 2. The largest absolute Gasteiger partial charge is 0.386 e. The molecule has 19 heavy (non-hydrogen) atoms. The van der Waals surface area contributed by atoms with Gasteiger partial charge in [-0.2, -0.15) is 0 Å². The molecule has 1 aliphatic heterocycles. The Balaban J connectivity index is 2.38. The number of nitrogens with one attached hydrogen (secondary N) is 1. The van der Waals surface area contributed by atoms with Crippen molar-refractivity contribution in [1.82, 2.24) is 0 Å². The topological polar surface area (TPSA) is 81.4 Å². The monoisotopic (exact) mass is 272 g/mol. The molecule has 0 atom stereocenters. The molecule has 3 N–H and O–H groups in total. The highest BCUT2D eigenvalue weighted by Crippen LogP contribution is 2.33. The van der Waals surface area contributed by atoms with E-state index in [1.165, 1.54) is 0 Å². The van der Waals surface area contributed by atoms with Crippen molar-refractivity contribution in [3.63, 3.8) is 0 Å². The number of ether oxygens (including phenoxy) is 1. The molecule has 0 amide bonds. The van der Waals surface area contributed by atoms with E-state index in [1.54, 1.807) is 30.3 Å². The van der Waals surface area contributed by atoms with Crippen molar-refractivity contribution in [1.29, 1.82) is 0 Å². The molecular formula is C13H8N2O3S. The lowest BCUT2D eigenvalue weighted by Crippen LogP contribution is -2.22. The van der Waals surface area contributed by atoms with E-state index in [0.29, 0.717) is 27.6 Å². The zero-order valence-corrected chi connectivity index (χ0v) is 10.4. The first kappa shape index (κ1) is 11.6. The van der Waals surface area contributed by atoms with Crippen LogP contribution in [-0.4, -0.2) is 17.1 Å². The summed E-state index contributed by atoms with van der Waals surface area (Å²) in [6.45, 7) is 0. The van der Waals surface area contributed by atoms with E-state index >= 15 is 0 Å². The van der Waals surface area contributed by atoms with Crippen LogP contribution in [-0.2, 0) is 4.74 Å². The molecule has 0 aliphatic carbocycles. The third-order valence-corrected chi connectivity index (χ3v) is 3.03. The molecule has 0 fully saturated rings. The number of rotatable bonds is 1. The number of thiocarbonyl (C=S) groups is 1. The van der Waals surface area contributed by atoms with E-state index < -0.39 is 11.9 Å². The van der Waals surface area contributed by atoms with Gasteiger partial charge >= 0.3 is 11.9 Å². The Bertz CT molecular complexity index is 735. The second-order valence-corrected chi connectivity index (χ2v) is 4.49. The maximum absolute atomic E-state index is 11.7. The van der Waals surface area contributed by atoms with Crippen LogP contribution >= 0.6 is 12.2 Å². The number of esters is 2. The summed E-state index contributed by atoms with van der Waals surface area (Å²) in [5.41, 5.74) is 6.82. The van der Waals surface area contributed by atoms with Gasteiger partial charge in [0.05, 0.1) is 11.1 Å². The number of anilines is 1. The molecule has 94 valence electrons. The van der Waals surface area contributed by atoms with Gasteiger partial charge in [0.1, 0.15) is 0 Å². The Hall–Kier alpha value is -2.47. The normalized spacial score (nSPS) is 13.3. The van der Waals surface area contributed by atoms with Crippen LogP contribution in [0.25, 0.3) is 10.8 Å². The summed E-state index contributed by atoms with van der Waals surface area (Å²) < 4.78 is 4.68. The molecule has 3 rings (SSSR count). The lowest BCUT2D eigenvalue weighted by molar-refractivity contribution is 0.0391. The van der Waals surface area contributed by atoms with Crippen molar-refractivity contribution in [3.05, 3.63) is 41.5 Å². The number of carbonyl (C=O) groups is 2. The van der Waals surface area contributed by atoms with Crippen molar-refractivity contribution < 1.29 is 14.3 Å². The Morgan fingerprint density at radius 1 is 1.11 bits per heavy atom. The summed E-state index contributed by atoms with van der Waals surface area (Å²) in [5, 5.41) is 4.20. The predicted molar refractivity (Wildman–Crippen MR) is 74.1 cm³/mol. The summed E-state index contributed by atoms with van der Waals surface area (Å²) in [6, 6.07) is 8.38. The lowest BCUT2D eigenvalue weighted by Gasteiger charge is -2.17. The Morgan fingerprint density at radius 2 is 1.79 bits per heavy atom. The molecule has 2 aromatic rings. The highest BCUT2D eigenvalue weighted by atomic mass is 32.1. The standard InChI is InChI=1S/C13H8N2O3S/c14-13(19)15-9-5-4-8-10-6(9)2-1-3-7(10)11(16)18-12(8)17/h1-5H,(H3,14,15,19). The molecular weight excluding hydrogens is 264 g/mol. The Labute approximate surface area is 113 Å². The third kappa shape index (κ3) is 1.73. The Morgan fingerprint density at radius 3 is 2.47 bits per heavy atom. The molecule has 2 aromatic carbocycles. The highest BCUT2D eigenvalue weighted by Gasteiger charge is 2.27. The second-order valence-electron chi connectivity index (χ2n) is 4.06. The molecule has 0 aromatic heterocycles. The maximum atomic E-state index is 11.7. The minimum absolute atomic E-state index is 0.116. The van der Waals surface area contributed by atoms with E-state index in [2.05, 4.69) is 10.1 Å². The van der Waals surface area contributed by atoms with Gasteiger partial charge in [0.2, 0.25) is 0 Å². The zero-order valence-electron chi connectivity index (χ0n) is 9.60. The molecule has 0 saturated carbocycles. The van der Waals surface area contributed by atoms with Crippen LogP contribution in [0.2, 0.25) is 0 Å². The van der Waals surface area contributed by atoms with E-state index in [-0.39, 0.29) is 5.11 Å². The van der Waals surface area contributed by atoms with Gasteiger partial charge in [-0.1, -0.05) is 12.1 Å². The van der Waals surface area contributed by atoms with Crippen LogP contribution in [0.3, 0.4) is 0 Å². The molecule has 5 nitrogen and oxygen atoms in total. The number of hydrogen-bond donors (Lipinski definition) is 2. The van der Waals surface area contributed by atoms with Crippen molar-refractivity contribution in [2.75, 3.05) is 5.32 Å². The molecule has 0 radical (unpaired) electrons. The average Bonchev–Trinajstić information content (AvgIpc) is 2.36. The van der Waals surface area contributed by atoms with Crippen molar-refractivity contribution in [2.45, 2.75) is 0 Å². The Kier molecular flexibility index (Phi) is 2.46. The first-order valence-corrected chi connectivity index (χ1v) is 5.87. The highest BCUT2D eigenvalue weighted by molar-refractivity contribution is 7.80. The van der Waals surface area contributed by atoms with E-state index in [9.17, 15) is 9.59 Å². The van der Waals surface area contributed by atoms with Gasteiger partial charge in [-0.25, -0.2) is 9.59 Å². The van der Waals surface area contributed by atoms with Gasteiger partial charge in [-0.3, -0.25) is 0 Å². The molecule has 0 spiro atoms. The summed E-state index contributed by atoms with van der Waals surface area (Å²) in [4.78, 5) is 23.4.